The van der Waals surface area contributed by atoms with Gasteiger partial charge in [-0.05, 0) is 29.8 Å². The van der Waals surface area contributed by atoms with E-state index in [-0.39, 0.29) is 31.6 Å². The maximum Gasteiger partial charge on any atom is 0.262 e. The summed E-state index contributed by atoms with van der Waals surface area (Å²) in [6.45, 7) is 0.217. The summed E-state index contributed by atoms with van der Waals surface area (Å²) in [5.41, 5.74) is 1.24. The molecule has 2 atom stereocenters. The lowest BCUT2D eigenvalue weighted by molar-refractivity contribution is -0.151. The summed E-state index contributed by atoms with van der Waals surface area (Å²) < 4.78 is 10.6. The zero-order valence-corrected chi connectivity index (χ0v) is 15.0. The first-order valence-electron chi connectivity index (χ1n) is 8.64. The Morgan fingerprint density at radius 3 is 2.67 bits per heavy atom. The molecule has 0 spiro atoms. The lowest BCUT2D eigenvalue weighted by atomic mass is 10.0. The Bertz CT molecular complexity index is 779. The molecule has 1 fully saturated rings. The van der Waals surface area contributed by atoms with Crippen molar-refractivity contribution < 1.29 is 24.2 Å². The Morgan fingerprint density at radius 2 is 1.96 bits per heavy atom. The van der Waals surface area contributed by atoms with E-state index in [0.29, 0.717) is 17.0 Å². The number of amides is 2. The van der Waals surface area contributed by atoms with Gasteiger partial charge < -0.3 is 24.8 Å². The van der Waals surface area contributed by atoms with E-state index in [1.54, 1.807) is 43.4 Å². The summed E-state index contributed by atoms with van der Waals surface area (Å²) in [4.78, 5) is 25.2. The summed E-state index contributed by atoms with van der Waals surface area (Å²) >= 11 is 0. The first-order chi connectivity index (χ1) is 13.0. The average molecular weight is 370 g/mol. The fraction of sp³-hybridized carbons (Fsp3) is 0.300. The number of anilines is 1. The van der Waals surface area contributed by atoms with Gasteiger partial charge in [0.1, 0.15) is 18.5 Å². The van der Waals surface area contributed by atoms with Gasteiger partial charge in [0.15, 0.2) is 6.61 Å². The van der Waals surface area contributed by atoms with Crippen LogP contribution in [0, 0.1) is 0 Å². The molecule has 1 aliphatic rings. The second-order valence-corrected chi connectivity index (χ2v) is 6.30. The molecule has 3 rings (SSSR count). The number of morpholine rings is 1. The van der Waals surface area contributed by atoms with Crippen molar-refractivity contribution in [3.8, 4) is 5.75 Å². The van der Waals surface area contributed by atoms with Crippen LogP contribution in [0.25, 0.3) is 0 Å². The number of carbonyl (C=O) groups excluding carboxylic acids is 2. The van der Waals surface area contributed by atoms with E-state index >= 15 is 0 Å². The summed E-state index contributed by atoms with van der Waals surface area (Å²) in [6, 6.07) is 15.5. The summed E-state index contributed by atoms with van der Waals surface area (Å²) in [5, 5.41) is 13.3. The van der Waals surface area contributed by atoms with Crippen molar-refractivity contribution in [2.45, 2.75) is 12.1 Å². The van der Waals surface area contributed by atoms with E-state index in [2.05, 4.69) is 5.32 Å². The SMILES string of the molecule is CN1C(=O)COC[C@@H]1[C@H](O)c1ccc(NC(=O)COc2ccccc2)cc1. The largest absolute Gasteiger partial charge is 0.484 e. The van der Waals surface area contributed by atoms with Crippen LogP contribution in [0.2, 0.25) is 0 Å². The number of para-hydroxylation sites is 1. The van der Waals surface area contributed by atoms with Gasteiger partial charge in [0.2, 0.25) is 5.91 Å². The molecule has 0 saturated carbocycles. The van der Waals surface area contributed by atoms with Crippen LogP contribution in [0.3, 0.4) is 0 Å². The van der Waals surface area contributed by atoms with E-state index < -0.39 is 12.1 Å². The number of hydrogen-bond donors (Lipinski definition) is 2. The van der Waals surface area contributed by atoms with Gasteiger partial charge in [-0.1, -0.05) is 30.3 Å². The molecule has 142 valence electrons. The average Bonchev–Trinajstić information content (AvgIpc) is 2.69. The molecular weight excluding hydrogens is 348 g/mol. The predicted molar refractivity (Wildman–Crippen MR) is 99.3 cm³/mol. The second kappa shape index (κ2) is 8.66. The fourth-order valence-corrected chi connectivity index (χ4v) is 2.82. The van der Waals surface area contributed by atoms with Crippen molar-refractivity contribution in [2.24, 2.45) is 0 Å². The smallest absolute Gasteiger partial charge is 0.262 e. The van der Waals surface area contributed by atoms with Crippen molar-refractivity contribution >= 4 is 17.5 Å². The number of likely N-dealkylation sites (N-methyl/N-ethyl adjacent to an activating group) is 1. The van der Waals surface area contributed by atoms with Gasteiger partial charge in [-0.15, -0.1) is 0 Å². The number of aliphatic hydroxyl groups excluding tert-OH is 1. The Labute approximate surface area is 157 Å². The zero-order valence-electron chi connectivity index (χ0n) is 15.0. The number of aliphatic hydroxyl groups is 1. The normalized spacial score (nSPS) is 18.1. The summed E-state index contributed by atoms with van der Waals surface area (Å²) in [6.07, 6.45) is -0.870. The number of ether oxygens (including phenoxy) is 2. The third-order valence-electron chi connectivity index (χ3n) is 4.42. The Hall–Kier alpha value is -2.90. The molecule has 7 heteroatoms. The minimum absolute atomic E-state index is 0.0374. The highest BCUT2D eigenvalue weighted by Crippen LogP contribution is 2.24. The summed E-state index contributed by atoms with van der Waals surface area (Å²) in [5.74, 6) is 0.185. The minimum Gasteiger partial charge on any atom is -0.484 e. The number of carbonyl (C=O) groups is 2. The van der Waals surface area contributed by atoms with Crippen LogP contribution >= 0.6 is 0 Å². The maximum atomic E-state index is 12.0. The van der Waals surface area contributed by atoms with Gasteiger partial charge in [-0.25, -0.2) is 0 Å². The molecule has 0 radical (unpaired) electrons. The van der Waals surface area contributed by atoms with Crippen LogP contribution in [0.5, 0.6) is 5.75 Å². The van der Waals surface area contributed by atoms with Crippen molar-refractivity contribution in [3.05, 3.63) is 60.2 Å². The molecule has 2 N–H and O–H groups in total. The molecule has 1 heterocycles. The van der Waals surface area contributed by atoms with E-state index in [4.69, 9.17) is 9.47 Å². The topological polar surface area (TPSA) is 88.1 Å². The van der Waals surface area contributed by atoms with Crippen LogP contribution in [0.4, 0.5) is 5.69 Å². The quantitative estimate of drug-likeness (QED) is 0.806. The molecule has 0 aromatic heterocycles. The number of nitrogens with zero attached hydrogens (tertiary/aromatic N) is 1. The van der Waals surface area contributed by atoms with Crippen molar-refractivity contribution in [3.63, 3.8) is 0 Å². The van der Waals surface area contributed by atoms with Gasteiger partial charge in [-0.3, -0.25) is 9.59 Å². The van der Waals surface area contributed by atoms with Gasteiger partial charge in [-0.2, -0.15) is 0 Å². The third-order valence-corrected chi connectivity index (χ3v) is 4.42. The highest BCUT2D eigenvalue weighted by Gasteiger charge is 2.32. The first kappa shape index (κ1) is 18.9. The molecule has 2 amide bonds. The lowest BCUT2D eigenvalue weighted by Crippen LogP contribution is -2.49. The van der Waals surface area contributed by atoms with E-state index in [1.807, 2.05) is 18.2 Å². The van der Waals surface area contributed by atoms with E-state index in [9.17, 15) is 14.7 Å². The van der Waals surface area contributed by atoms with Gasteiger partial charge in [0.25, 0.3) is 5.91 Å². The van der Waals surface area contributed by atoms with Crippen LogP contribution in [0.15, 0.2) is 54.6 Å². The third kappa shape index (κ3) is 4.84. The van der Waals surface area contributed by atoms with Crippen molar-refractivity contribution in [2.75, 3.05) is 32.2 Å². The number of rotatable bonds is 6. The molecule has 0 bridgehead atoms. The minimum atomic E-state index is -0.870. The highest BCUT2D eigenvalue weighted by molar-refractivity contribution is 5.91. The summed E-state index contributed by atoms with van der Waals surface area (Å²) in [7, 11) is 1.65. The second-order valence-electron chi connectivity index (χ2n) is 6.30. The zero-order chi connectivity index (χ0) is 19.2. The van der Waals surface area contributed by atoms with Crippen LogP contribution in [-0.2, 0) is 14.3 Å². The molecule has 2 aromatic rings. The van der Waals surface area contributed by atoms with Crippen molar-refractivity contribution in [1.29, 1.82) is 0 Å². The molecule has 2 aromatic carbocycles. The van der Waals surface area contributed by atoms with Gasteiger partial charge in [0.05, 0.1) is 12.6 Å². The first-order valence-corrected chi connectivity index (χ1v) is 8.64. The Balaban J connectivity index is 1.55. The van der Waals surface area contributed by atoms with E-state index in [1.165, 1.54) is 4.90 Å². The predicted octanol–water partition coefficient (Wildman–Crippen LogP) is 1.59. The molecule has 1 saturated heterocycles. The van der Waals surface area contributed by atoms with Crippen LogP contribution < -0.4 is 10.1 Å². The Kier molecular flexibility index (Phi) is 6.05. The number of hydrogen-bond acceptors (Lipinski definition) is 5. The molecule has 1 aliphatic heterocycles. The monoisotopic (exact) mass is 370 g/mol. The molecular formula is C20H22N2O5. The molecule has 7 nitrogen and oxygen atoms in total. The number of nitrogens with one attached hydrogen (secondary N) is 1. The molecule has 27 heavy (non-hydrogen) atoms. The van der Waals surface area contributed by atoms with Crippen LogP contribution in [0.1, 0.15) is 11.7 Å². The number of benzene rings is 2. The standard InChI is InChI=1S/C20H22N2O5/c1-22-17(11-26-13-19(22)24)20(25)14-7-9-15(10-8-14)21-18(23)12-27-16-5-3-2-4-6-16/h2-10,17,20,25H,11-13H2,1H3,(H,21,23)/t17-,20-/m1/s1. The highest BCUT2D eigenvalue weighted by atomic mass is 16.5. The maximum absolute atomic E-state index is 12.0. The van der Waals surface area contributed by atoms with Crippen molar-refractivity contribution in [1.82, 2.24) is 4.90 Å². The molecule has 0 unspecified atom stereocenters. The Morgan fingerprint density at radius 1 is 1.26 bits per heavy atom. The molecule has 0 aliphatic carbocycles. The van der Waals surface area contributed by atoms with Gasteiger partial charge >= 0.3 is 0 Å². The van der Waals surface area contributed by atoms with E-state index in [0.717, 1.165) is 0 Å². The van der Waals surface area contributed by atoms with Crippen LogP contribution in [-0.4, -0.2) is 54.7 Å². The lowest BCUT2D eigenvalue weighted by Gasteiger charge is -2.35. The fourth-order valence-electron chi connectivity index (χ4n) is 2.82. The van der Waals surface area contributed by atoms with Gasteiger partial charge in [0, 0.05) is 12.7 Å².